The highest BCUT2D eigenvalue weighted by Gasteiger charge is 1.84. The summed E-state index contributed by atoms with van der Waals surface area (Å²) in [5.74, 6) is 2.04. The van der Waals surface area contributed by atoms with E-state index in [9.17, 15) is 0 Å². The lowest BCUT2D eigenvalue weighted by atomic mass is 11.2. The maximum Gasteiger partial charge on any atom is 0.103 e. The van der Waals surface area contributed by atoms with Crippen molar-refractivity contribution in [3.05, 3.63) is 4.24 Å². The Morgan fingerprint density at radius 3 is 1.86 bits per heavy atom. The minimum Gasteiger partial charge on any atom is -0.113 e. The van der Waals surface area contributed by atoms with Gasteiger partial charge in [-0.25, -0.2) is 0 Å². The molecule has 0 spiro atoms. The van der Waals surface area contributed by atoms with Crippen LogP contribution < -0.4 is 5.41 Å². The third-order valence-corrected chi connectivity index (χ3v) is 2.39. The summed E-state index contributed by atoms with van der Waals surface area (Å²) in [5, 5.41) is 8.20. The van der Waals surface area contributed by atoms with Gasteiger partial charge in [-0.1, -0.05) is 5.41 Å². The van der Waals surface area contributed by atoms with Crippen LogP contribution in [0.5, 0.6) is 0 Å². The summed E-state index contributed by atoms with van der Waals surface area (Å²) in [5.41, 5.74) is 0. The Morgan fingerprint density at radius 1 is 1.43 bits per heavy atom. The second kappa shape index (κ2) is 4.31. The van der Waals surface area contributed by atoms with Crippen molar-refractivity contribution >= 4 is 29.4 Å². The predicted molar refractivity (Wildman–Crippen MR) is 37.7 cm³/mol. The van der Waals surface area contributed by atoms with Gasteiger partial charge < -0.3 is 0 Å². The molecule has 0 N–H and O–H groups in total. The van der Waals surface area contributed by atoms with E-state index in [1.54, 1.807) is 0 Å². The quantitative estimate of drug-likeness (QED) is 0.523. The first kappa shape index (κ1) is 7.15. The van der Waals surface area contributed by atoms with Crippen LogP contribution in [0.3, 0.4) is 0 Å². The molecule has 0 aliphatic rings. The molecule has 1 radical (unpaired) electrons. The standard InChI is InChI=1S/C4H6NS2/c1-6-4(3-5)7-2/h1-2H3. The van der Waals surface area contributed by atoms with Gasteiger partial charge in [0.15, 0.2) is 0 Å². The summed E-state index contributed by atoms with van der Waals surface area (Å²) in [6.07, 6.45) is 3.80. The smallest absolute Gasteiger partial charge is 0.103 e. The molecule has 3 heteroatoms. The fourth-order valence-corrected chi connectivity index (χ4v) is 1.02. The summed E-state index contributed by atoms with van der Waals surface area (Å²) < 4.78 is 0.819. The third kappa shape index (κ3) is 2.80. The Kier molecular flexibility index (Phi) is 4.41. The molecule has 39 valence electrons. The highest BCUT2D eigenvalue weighted by Crippen LogP contribution is 2.18. The van der Waals surface area contributed by atoms with Gasteiger partial charge in [0, 0.05) is 5.87 Å². The third-order valence-electron chi connectivity index (χ3n) is 0.462. The molecule has 0 saturated carbocycles. The molecular formula is C4H6NS2. The van der Waals surface area contributed by atoms with Crippen molar-refractivity contribution in [2.24, 2.45) is 0 Å². The summed E-state index contributed by atoms with van der Waals surface area (Å²) >= 11 is 2.98. The van der Waals surface area contributed by atoms with E-state index in [4.69, 9.17) is 5.41 Å². The van der Waals surface area contributed by atoms with Crippen molar-refractivity contribution in [3.8, 4) is 0 Å². The van der Waals surface area contributed by atoms with Gasteiger partial charge in [-0.05, 0) is 12.5 Å². The van der Waals surface area contributed by atoms with Crippen LogP contribution in [0.4, 0.5) is 0 Å². The Bertz CT molecular complexity index is 87.9. The average Bonchev–Trinajstić information content (AvgIpc) is 1.72. The molecule has 0 aromatic carbocycles. The topological polar surface area (TPSA) is 22.3 Å². The highest BCUT2D eigenvalue weighted by molar-refractivity contribution is 8.22. The molecule has 0 rings (SSSR count). The van der Waals surface area contributed by atoms with Crippen molar-refractivity contribution < 1.29 is 0 Å². The molecule has 0 unspecified atom stereocenters. The average molecular weight is 132 g/mol. The Labute approximate surface area is 52.1 Å². The first-order valence-corrected chi connectivity index (χ1v) is 4.15. The van der Waals surface area contributed by atoms with Crippen LogP contribution in [0.15, 0.2) is 4.24 Å². The zero-order chi connectivity index (χ0) is 5.70. The minimum atomic E-state index is 0.819. The van der Waals surface area contributed by atoms with E-state index in [2.05, 4.69) is 0 Å². The summed E-state index contributed by atoms with van der Waals surface area (Å²) in [6.45, 7) is 0. The van der Waals surface area contributed by atoms with Crippen LogP contribution in [-0.2, 0) is 0 Å². The molecular weight excluding hydrogens is 126 g/mol. The van der Waals surface area contributed by atoms with E-state index >= 15 is 0 Å². The Balaban J connectivity index is 3.61. The maximum atomic E-state index is 8.20. The number of rotatable bonds is 2. The van der Waals surface area contributed by atoms with Crippen LogP contribution in [0.25, 0.3) is 0 Å². The fraction of sp³-hybridized carbons (Fsp3) is 0.500. The summed E-state index contributed by atoms with van der Waals surface area (Å²) in [7, 11) is 0. The van der Waals surface area contributed by atoms with Crippen molar-refractivity contribution in [1.82, 2.24) is 5.41 Å². The molecule has 0 aromatic heterocycles. The monoisotopic (exact) mass is 132 g/mol. The van der Waals surface area contributed by atoms with Gasteiger partial charge in [0.1, 0.15) is 4.24 Å². The second-order valence-corrected chi connectivity index (χ2v) is 2.70. The van der Waals surface area contributed by atoms with Gasteiger partial charge in [-0.3, -0.25) is 0 Å². The summed E-state index contributed by atoms with van der Waals surface area (Å²) in [4.78, 5) is 0. The second-order valence-electron chi connectivity index (χ2n) is 0.808. The minimum absolute atomic E-state index is 0.819. The molecule has 0 fully saturated rings. The molecule has 0 atom stereocenters. The van der Waals surface area contributed by atoms with E-state index in [1.807, 2.05) is 18.4 Å². The number of hydrogen-bond donors (Lipinski definition) is 0. The van der Waals surface area contributed by atoms with Gasteiger partial charge in [0.25, 0.3) is 0 Å². The first-order valence-electron chi connectivity index (χ1n) is 1.70. The van der Waals surface area contributed by atoms with Crippen LogP contribution in [0, 0.1) is 0 Å². The number of thioether (sulfide) groups is 2. The Hall–Kier alpha value is 0.150. The van der Waals surface area contributed by atoms with Gasteiger partial charge in [0.2, 0.25) is 0 Å². The normalized spacial score (nSPS) is 7.71. The summed E-state index contributed by atoms with van der Waals surface area (Å²) in [6, 6.07) is 0. The van der Waals surface area contributed by atoms with E-state index in [1.165, 1.54) is 23.5 Å². The molecule has 0 aromatic rings. The molecule has 0 aliphatic heterocycles. The largest absolute Gasteiger partial charge is 0.113 e. The molecule has 1 nitrogen and oxygen atoms in total. The zero-order valence-electron chi connectivity index (χ0n) is 4.26. The Morgan fingerprint density at radius 2 is 1.86 bits per heavy atom. The number of hydrogen-bond acceptors (Lipinski definition) is 2. The lowest BCUT2D eigenvalue weighted by molar-refractivity contribution is 1.94. The van der Waals surface area contributed by atoms with E-state index in [-0.39, 0.29) is 0 Å². The predicted octanol–water partition coefficient (Wildman–Crippen LogP) is 1.02. The van der Waals surface area contributed by atoms with Crippen molar-refractivity contribution in [3.63, 3.8) is 0 Å². The highest BCUT2D eigenvalue weighted by atomic mass is 32.2. The van der Waals surface area contributed by atoms with Gasteiger partial charge in [-0.15, -0.1) is 23.5 Å². The molecule has 0 heterocycles. The molecule has 0 bridgehead atoms. The van der Waals surface area contributed by atoms with Crippen molar-refractivity contribution in [2.45, 2.75) is 0 Å². The first-order chi connectivity index (χ1) is 3.35. The molecule has 0 aliphatic carbocycles. The fourth-order valence-electron chi connectivity index (χ4n) is 0.175. The molecule has 0 amide bonds. The van der Waals surface area contributed by atoms with E-state index in [0.717, 1.165) is 4.24 Å². The maximum absolute atomic E-state index is 8.20. The van der Waals surface area contributed by atoms with Crippen molar-refractivity contribution in [2.75, 3.05) is 12.5 Å². The van der Waals surface area contributed by atoms with Crippen LogP contribution in [-0.4, -0.2) is 18.4 Å². The van der Waals surface area contributed by atoms with E-state index in [0.29, 0.717) is 0 Å². The van der Waals surface area contributed by atoms with Gasteiger partial charge >= 0.3 is 0 Å². The van der Waals surface area contributed by atoms with Crippen LogP contribution >= 0.6 is 23.5 Å². The zero-order valence-corrected chi connectivity index (χ0v) is 5.90. The SMILES string of the molecule is CSC(=C=[N])SC. The lowest BCUT2D eigenvalue weighted by Crippen LogP contribution is -1.64. The number of nitrogens with zero attached hydrogens (tertiary/aromatic N) is 1. The molecule has 0 saturated heterocycles. The molecule has 7 heavy (non-hydrogen) atoms. The van der Waals surface area contributed by atoms with E-state index < -0.39 is 0 Å². The van der Waals surface area contributed by atoms with Gasteiger partial charge in [-0.2, -0.15) is 0 Å². The van der Waals surface area contributed by atoms with Crippen LogP contribution in [0.2, 0.25) is 0 Å². The van der Waals surface area contributed by atoms with Crippen molar-refractivity contribution in [1.29, 1.82) is 0 Å². The van der Waals surface area contributed by atoms with Crippen LogP contribution in [0.1, 0.15) is 0 Å². The van der Waals surface area contributed by atoms with Gasteiger partial charge in [0.05, 0.1) is 0 Å². The lowest BCUT2D eigenvalue weighted by Gasteiger charge is -1.86.